The molecule has 0 saturated carbocycles. The van der Waals surface area contributed by atoms with Gasteiger partial charge in [-0.25, -0.2) is 35.1 Å². The number of anilines is 2. The van der Waals surface area contributed by atoms with Crippen LogP contribution >= 0.6 is 11.3 Å². The van der Waals surface area contributed by atoms with Gasteiger partial charge in [-0.05, 0) is 12.1 Å². The van der Waals surface area contributed by atoms with Crippen LogP contribution in [-0.2, 0) is 0 Å². The molecule has 1 heterocycles. The Morgan fingerprint density at radius 1 is 0.481 bits per heavy atom. The lowest BCUT2D eigenvalue weighted by atomic mass is 10.1. The van der Waals surface area contributed by atoms with Crippen molar-refractivity contribution >= 4 is 22.7 Å². The van der Waals surface area contributed by atoms with Gasteiger partial charge in [-0.3, -0.25) is 0 Å². The number of nitrogens with two attached hydrogens (primary N) is 2. The van der Waals surface area contributed by atoms with E-state index >= 15 is 0 Å². The summed E-state index contributed by atoms with van der Waals surface area (Å²) in [6.45, 7) is 0. The standard InChI is InChI=1S/C16H6F8N2S/c17-7-5(8(18)12(22)15(25)11(7)21)3-1-2-4(27-3)6-9(19)13(23)16(26)14(24)10(6)20/h1-2H,25-26H2. The van der Waals surface area contributed by atoms with E-state index in [9.17, 15) is 35.1 Å². The zero-order valence-electron chi connectivity index (χ0n) is 12.7. The van der Waals surface area contributed by atoms with Gasteiger partial charge in [0.1, 0.15) is 11.4 Å². The maximum atomic E-state index is 14.0. The quantitative estimate of drug-likeness (QED) is 0.340. The molecule has 0 fully saturated rings. The van der Waals surface area contributed by atoms with Crippen molar-refractivity contribution in [3.05, 3.63) is 58.7 Å². The van der Waals surface area contributed by atoms with Crippen LogP contribution in [0.5, 0.6) is 0 Å². The van der Waals surface area contributed by atoms with Crippen molar-refractivity contribution in [2.24, 2.45) is 0 Å². The molecule has 0 bridgehead atoms. The van der Waals surface area contributed by atoms with Crippen LogP contribution in [0.3, 0.4) is 0 Å². The Labute approximate surface area is 149 Å². The summed E-state index contributed by atoms with van der Waals surface area (Å²) in [5.41, 5.74) is 4.64. The minimum Gasteiger partial charge on any atom is -0.394 e. The third-order valence-electron chi connectivity index (χ3n) is 3.69. The number of thiophene rings is 1. The Hall–Kier alpha value is -2.82. The monoisotopic (exact) mass is 410 g/mol. The van der Waals surface area contributed by atoms with Gasteiger partial charge in [0.2, 0.25) is 0 Å². The van der Waals surface area contributed by atoms with Crippen LogP contribution in [0.25, 0.3) is 20.9 Å². The first-order valence-corrected chi connectivity index (χ1v) is 7.72. The van der Waals surface area contributed by atoms with E-state index in [2.05, 4.69) is 0 Å². The second-order valence-corrected chi connectivity index (χ2v) is 6.34. The minimum atomic E-state index is -1.86. The Kier molecular flexibility index (Phi) is 4.50. The van der Waals surface area contributed by atoms with E-state index in [4.69, 9.17) is 11.5 Å². The van der Waals surface area contributed by atoms with Crippen molar-refractivity contribution in [1.29, 1.82) is 0 Å². The number of rotatable bonds is 2. The molecule has 3 aromatic rings. The molecule has 0 aliphatic rings. The van der Waals surface area contributed by atoms with Crippen LogP contribution in [0.1, 0.15) is 0 Å². The number of benzene rings is 2. The molecule has 27 heavy (non-hydrogen) atoms. The van der Waals surface area contributed by atoms with Gasteiger partial charge < -0.3 is 11.5 Å². The van der Waals surface area contributed by atoms with Crippen LogP contribution in [0.2, 0.25) is 0 Å². The Morgan fingerprint density at radius 3 is 1.00 bits per heavy atom. The Bertz CT molecular complexity index is 951. The molecule has 0 spiro atoms. The van der Waals surface area contributed by atoms with Crippen LogP contribution in [-0.4, -0.2) is 0 Å². The summed E-state index contributed by atoms with van der Waals surface area (Å²) >= 11 is 0.234. The topological polar surface area (TPSA) is 52.0 Å². The molecule has 0 saturated heterocycles. The van der Waals surface area contributed by atoms with Gasteiger partial charge in [-0.2, -0.15) is 0 Å². The number of hydrogen-bond donors (Lipinski definition) is 2. The summed E-state index contributed by atoms with van der Waals surface area (Å²) in [6, 6.07) is 1.73. The second-order valence-electron chi connectivity index (χ2n) is 5.25. The van der Waals surface area contributed by atoms with Crippen LogP contribution in [0, 0.1) is 46.5 Å². The maximum absolute atomic E-state index is 14.0. The number of nitrogen functional groups attached to an aromatic ring is 2. The summed E-state index contributed by atoms with van der Waals surface area (Å²) in [5, 5.41) is 0. The van der Waals surface area contributed by atoms with Gasteiger partial charge in [-0.1, -0.05) is 0 Å². The summed E-state index contributed by atoms with van der Waals surface area (Å²) in [6.07, 6.45) is 0. The second kappa shape index (κ2) is 6.41. The molecule has 1 aromatic heterocycles. The van der Waals surface area contributed by atoms with Gasteiger partial charge in [-0.15, -0.1) is 11.3 Å². The molecule has 4 N–H and O–H groups in total. The van der Waals surface area contributed by atoms with Crippen molar-refractivity contribution in [2.45, 2.75) is 0 Å². The van der Waals surface area contributed by atoms with E-state index < -0.39 is 78.8 Å². The van der Waals surface area contributed by atoms with Crippen molar-refractivity contribution < 1.29 is 35.1 Å². The normalized spacial score (nSPS) is 11.3. The highest BCUT2D eigenvalue weighted by molar-refractivity contribution is 7.18. The van der Waals surface area contributed by atoms with Crippen LogP contribution in [0.15, 0.2) is 12.1 Å². The lowest BCUT2D eigenvalue weighted by molar-refractivity contribution is 0.464. The Morgan fingerprint density at radius 2 is 0.741 bits per heavy atom. The van der Waals surface area contributed by atoms with E-state index in [1.54, 1.807) is 0 Å². The van der Waals surface area contributed by atoms with Crippen LogP contribution < -0.4 is 11.5 Å². The van der Waals surface area contributed by atoms with Crippen molar-refractivity contribution in [2.75, 3.05) is 11.5 Å². The summed E-state index contributed by atoms with van der Waals surface area (Å²) < 4.78 is 110. The molecule has 11 heteroatoms. The van der Waals surface area contributed by atoms with E-state index in [0.29, 0.717) is 0 Å². The number of hydrogen-bond acceptors (Lipinski definition) is 3. The molecule has 142 valence electrons. The fourth-order valence-electron chi connectivity index (χ4n) is 2.34. The molecule has 0 amide bonds. The summed E-state index contributed by atoms with van der Waals surface area (Å²) in [5.74, 6) is -14.8. The summed E-state index contributed by atoms with van der Waals surface area (Å²) in [7, 11) is 0. The first-order chi connectivity index (χ1) is 12.6. The van der Waals surface area contributed by atoms with Gasteiger partial charge in [0.15, 0.2) is 46.5 Å². The van der Waals surface area contributed by atoms with E-state index in [0.717, 1.165) is 12.1 Å². The largest absolute Gasteiger partial charge is 0.394 e. The minimum absolute atomic E-state index is 0.234. The predicted molar refractivity (Wildman–Crippen MR) is 83.7 cm³/mol. The van der Waals surface area contributed by atoms with E-state index in [-0.39, 0.29) is 11.3 Å². The van der Waals surface area contributed by atoms with Gasteiger partial charge in [0, 0.05) is 9.75 Å². The molecule has 3 rings (SSSR count). The SMILES string of the molecule is Nc1c(F)c(F)c(-c2ccc(-c3c(F)c(F)c(N)c(F)c3F)s2)c(F)c1F. The molecule has 2 aromatic carbocycles. The van der Waals surface area contributed by atoms with Gasteiger partial charge >= 0.3 is 0 Å². The lowest BCUT2D eigenvalue weighted by Crippen LogP contribution is -2.05. The summed E-state index contributed by atoms with van der Waals surface area (Å²) in [4.78, 5) is -1.01. The van der Waals surface area contributed by atoms with Crippen LogP contribution in [0.4, 0.5) is 46.5 Å². The first kappa shape index (κ1) is 19.0. The zero-order valence-corrected chi connectivity index (χ0v) is 13.6. The zero-order chi connectivity index (χ0) is 20.2. The third-order valence-corrected chi connectivity index (χ3v) is 4.81. The third kappa shape index (κ3) is 2.69. The molecular weight excluding hydrogens is 404 g/mol. The highest BCUT2D eigenvalue weighted by Gasteiger charge is 2.28. The maximum Gasteiger partial charge on any atom is 0.185 e. The van der Waals surface area contributed by atoms with Gasteiger partial charge in [0.05, 0.1) is 11.1 Å². The predicted octanol–water partition coefficient (Wildman–Crippen LogP) is 5.36. The highest BCUT2D eigenvalue weighted by Crippen LogP contribution is 2.42. The molecule has 0 aliphatic carbocycles. The smallest absolute Gasteiger partial charge is 0.185 e. The molecular formula is C16H6F8N2S. The van der Waals surface area contributed by atoms with Gasteiger partial charge in [0.25, 0.3) is 0 Å². The fraction of sp³-hybridized carbons (Fsp3) is 0. The molecule has 0 atom stereocenters. The average Bonchev–Trinajstić information content (AvgIpc) is 3.11. The fourth-order valence-corrected chi connectivity index (χ4v) is 3.41. The molecule has 0 radical (unpaired) electrons. The Balaban J connectivity index is 2.25. The van der Waals surface area contributed by atoms with Crippen molar-refractivity contribution in [3.63, 3.8) is 0 Å². The van der Waals surface area contributed by atoms with Crippen molar-refractivity contribution in [1.82, 2.24) is 0 Å². The molecule has 2 nitrogen and oxygen atoms in total. The molecule has 0 unspecified atom stereocenters. The first-order valence-electron chi connectivity index (χ1n) is 6.91. The number of halogens is 8. The van der Waals surface area contributed by atoms with E-state index in [1.807, 2.05) is 0 Å². The lowest BCUT2D eigenvalue weighted by Gasteiger charge is -2.09. The molecule has 0 aliphatic heterocycles. The average molecular weight is 410 g/mol. The van der Waals surface area contributed by atoms with Crippen molar-refractivity contribution in [3.8, 4) is 20.9 Å². The van der Waals surface area contributed by atoms with E-state index in [1.165, 1.54) is 0 Å². The highest BCUT2D eigenvalue weighted by atomic mass is 32.1.